The van der Waals surface area contributed by atoms with Crippen LogP contribution >= 0.6 is 11.3 Å². The fourth-order valence-electron chi connectivity index (χ4n) is 2.73. The van der Waals surface area contributed by atoms with Gasteiger partial charge in [0.2, 0.25) is 0 Å². The molecule has 0 saturated carbocycles. The number of carboxylic acid groups (broad SMARTS) is 1. The summed E-state index contributed by atoms with van der Waals surface area (Å²) in [5.41, 5.74) is 0.999. The van der Waals surface area contributed by atoms with Crippen molar-refractivity contribution >= 4 is 27.5 Å². The van der Waals surface area contributed by atoms with Crippen molar-refractivity contribution in [2.75, 3.05) is 0 Å². The van der Waals surface area contributed by atoms with E-state index in [4.69, 9.17) is 0 Å². The molecular formula is C14H15N2O3S-. The zero-order chi connectivity index (χ0) is 14.3. The number of aliphatic carboxylic acids is 1. The summed E-state index contributed by atoms with van der Waals surface area (Å²) < 4.78 is 0. The summed E-state index contributed by atoms with van der Waals surface area (Å²) >= 11 is 1.57. The molecule has 2 heterocycles. The average molecular weight is 291 g/mol. The largest absolute Gasteiger partial charge is 0.550 e. The lowest BCUT2D eigenvalue weighted by atomic mass is 9.89. The third-order valence-electron chi connectivity index (χ3n) is 3.78. The highest BCUT2D eigenvalue weighted by Gasteiger charge is 2.22. The maximum atomic E-state index is 12.2. The van der Waals surface area contributed by atoms with E-state index >= 15 is 0 Å². The molecule has 0 aliphatic heterocycles. The van der Waals surface area contributed by atoms with Gasteiger partial charge in [-0.05, 0) is 37.2 Å². The van der Waals surface area contributed by atoms with Crippen molar-refractivity contribution in [1.82, 2.24) is 9.97 Å². The number of aryl methyl sites for hydroxylation is 2. The smallest absolute Gasteiger partial charge is 0.259 e. The van der Waals surface area contributed by atoms with Gasteiger partial charge in [0.25, 0.3) is 5.56 Å². The van der Waals surface area contributed by atoms with E-state index in [9.17, 15) is 14.7 Å². The minimum Gasteiger partial charge on any atom is -0.550 e. The molecule has 1 N–H and O–H groups in total. The molecule has 0 saturated heterocycles. The number of carboxylic acids is 1. The van der Waals surface area contributed by atoms with E-state index in [1.807, 2.05) is 0 Å². The second-order valence-corrected chi connectivity index (χ2v) is 6.50. The maximum absolute atomic E-state index is 12.2. The van der Waals surface area contributed by atoms with Crippen LogP contribution in [0.25, 0.3) is 10.2 Å². The number of hydrogen-bond donors (Lipinski definition) is 1. The monoisotopic (exact) mass is 291 g/mol. The molecule has 0 amide bonds. The van der Waals surface area contributed by atoms with Crippen molar-refractivity contribution in [2.24, 2.45) is 5.92 Å². The van der Waals surface area contributed by atoms with Crippen molar-refractivity contribution in [3.63, 3.8) is 0 Å². The van der Waals surface area contributed by atoms with E-state index in [0.29, 0.717) is 17.1 Å². The van der Waals surface area contributed by atoms with E-state index in [2.05, 4.69) is 16.9 Å². The lowest BCUT2D eigenvalue weighted by molar-refractivity contribution is -0.305. The first-order valence-electron chi connectivity index (χ1n) is 6.78. The Bertz CT molecular complexity index is 732. The number of carbonyl (C=O) groups excluding carboxylic acids is 1. The van der Waals surface area contributed by atoms with Crippen LogP contribution in [0.15, 0.2) is 4.79 Å². The first-order valence-corrected chi connectivity index (χ1v) is 7.59. The molecule has 2 aromatic heterocycles. The van der Waals surface area contributed by atoms with Crippen LogP contribution in [0, 0.1) is 5.92 Å². The number of thiophene rings is 1. The Morgan fingerprint density at radius 1 is 1.55 bits per heavy atom. The van der Waals surface area contributed by atoms with Gasteiger partial charge in [-0.3, -0.25) is 4.79 Å². The van der Waals surface area contributed by atoms with Gasteiger partial charge in [-0.2, -0.15) is 0 Å². The highest BCUT2D eigenvalue weighted by Crippen LogP contribution is 2.35. The summed E-state index contributed by atoms with van der Waals surface area (Å²) in [6.45, 7) is 2.22. The Labute approximate surface area is 119 Å². The molecule has 3 rings (SSSR count). The Kier molecular flexibility index (Phi) is 3.33. The van der Waals surface area contributed by atoms with Crippen LogP contribution in [-0.2, 0) is 24.1 Å². The van der Waals surface area contributed by atoms with Crippen LogP contribution in [0.4, 0.5) is 0 Å². The van der Waals surface area contributed by atoms with Crippen molar-refractivity contribution in [3.05, 3.63) is 26.6 Å². The van der Waals surface area contributed by atoms with Gasteiger partial charge in [0.1, 0.15) is 10.7 Å². The summed E-state index contributed by atoms with van der Waals surface area (Å²) in [6, 6.07) is 0. The van der Waals surface area contributed by atoms with Gasteiger partial charge in [-0.15, -0.1) is 11.3 Å². The number of hydrogen-bond acceptors (Lipinski definition) is 5. The fraction of sp³-hybridized carbons (Fsp3) is 0.500. The van der Waals surface area contributed by atoms with Crippen LogP contribution in [0.2, 0.25) is 0 Å². The minimum atomic E-state index is -1.13. The predicted molar refractivity (Wildman–Crippen MR) is 74.8 cm³/mol. The Balaban J connectivity index is 2.05. The molecule has 106 valence electrons. The number of fused-ring (bicyclic) bond motifs is 3. The van der Waals surface area contributed by atoms with E-state index < -0.39 is 5.97 Å². The zero-order valence-electron chi connectivity index (χ0n) is 11.2. The molecule has 5 nitrogen and oxygen atoms in total. The number of nitrogens with one attached hydrogen (secondary N) is 1. The summed E-state index contributed by atoms with van der Waals surface area (Å²) in [4.78, 5) is 31.8. The second-order valence-electron chi connectivity index (χ2n) is 5.42. The summed E-state index contributed by atoms with van der Waals surface area (Å²) in [5, 5.41) is 11.2. The van der Waals surface area contributed by atoms with Gasteiger partial charge in [-0.25, -0.2) is 4.98 Å². The van der Waals surface area contributed by atoms with Crippen molar-refractivity contribution < 1.29 is 9.90 Å². The van der Waals surface area contributed by atoms with E-state index in [1.54, 1.807) is 11.3 Å². The van der Waals surface area contributed by atoms with Gasteiger partial charge in [0, 0.05) is 17.3 Å². The number of carbonyl (C=O) groups is 1. The van der Waals surface area contributed by atoms with Gasteiger partial charge >= 0.3 is 0 Å². The standard InChI is InChI=1S/C14H16N2O3S/c1-7-2-3-8-9(6-7)20-14-12(8)13(19)15-10(16-14)4-5-11(17)18/h7H,2-6H2,1H3,(H,17,18)(H,15,16,19)/p-1/t7-/m0/s1. The molecule has 0 bridgehead atoms. The molecule has 0 radical (unpaired) electrons. The van der Waals surface area contributed by atoms with E-state index in [1.165, 1.54) is 4.88 Å². The van der Waals surface area contributed by atoms with Crippen molar-refractivity contribution in [3.8, 4) is 0 Å². The number of aromatic nitrogens is 2. The SMILES string of the molecule is C[C@H]1CCc2c(sc3nc(CCC(=O)[O-])[nH]c(=O)c23)C1. The van der Waals surface area contributed by atoms with E-state index in [0.717, 1.165) is 29.7 Å². The third kappa shape index (κ3) is 2.35. The van der Waals surface area contributed by atoms with E-state index in [-0.39, 0.29) is 18.4 Å². The molecule has 1 aliphatic rings. The summed E-state index contributed by atoms with van der Waals surface area (Å²) in [7, 11) is 0. The molecule has 1 atom stereocenters. The fourth-order valence-corrected chi connectivity index (χ4v) is 4.13. The highest BCUT2D eigenvalue weighted by molar-refractivity contribution is 7.18. The van der Waals surface area contributed by atoms with Crippen LogP contribution in [-0.4, -0.2) is 15.9 Å². The molecule has 0 fully saturated rings. The molecule has 1 aliphatic carbocycles. The van der Waals surface area contributed by atoms with Crippen LogP contribution < -0.4 is 10.7 Å². The number of H-pyrrole nitrogens is 1. The molecule has 2 aromatic rings. The van der Waals surface area contributed by atoms with Crippen LogP contribution in [0.1, 0.15) is 36.0 Å². The Hall–Kier alpha value is -1.69. The molecule has 6 heteroatoms. The van der Waals surface area contributed by atoms with Gasteiger partial charge in [0.05, 0.1) is 5.39 Å². The lowest BCUT2D eigenvalue weighted by Gasteiger charge is -2.17. The van der Waals surface area contributed by atoms with Gasteiger partial charge in [0.15, 0.2) is 0 Å². The molecule has 20 heavy (non-hydrogen) atoms. The summed E-state index contributed by atoms with van der Waals surface area (Å²) in [6.07, 6.45) is 3.11. The molecule has 0 aromatic carbocycles. The van der Waals surface area contributed by atoms with Crippen molar-refractivity contribution in [2.45, 2.75) is 39.0 Å². The Morgan fingerprint density at radius 3 is 3.10 bits per heavy atom. The second kappa shape index (κ2) is 5.01. The molecule has 0 spiro atoms. The lowest BCUT2D eigenvalue weighted by Crippen LogP contribution is -2.23. The number of aromatic amines is 1. The predicted octanol–water partition coefficient (Wildman–Crippen LogP) is 0.792. The maximum Gasteiger partial charge on any atom is 0.259 e. The summed E-state index contributed by atoms with van der Waals surface area (Å²) in [5.74, 6) is -0.0578. The van der Waals surface area contributed by atoms with Gasteiger partial charge in [-0.1, -0.05) is 6.92 Å². The first kappa shape index (κ1) is 13.3. The normalized spacial score (nSPS) is 18.1. The first-order chi connectivity index (χ1) is 9.54. The van der Waals surface area contributed by atoms with Crippen LogP contribution in [0.5, 0.6) is 0 Å². The number of nitrogens with zero attached hydrogens (tertiary/aromatic N) is 1. The molecule has 0 unspecified atom stereocenters. The zero-order valence-corrected chi connectivity index (χ0v) is 12.0. The quantitative estimate of drug-likeness (QED) is 0.906. The third-order valence-corrected chi connectivity index (χ3v) is 4.93. The minimum absolute atomic E-state index is 0.128. The molecular weight excluding hydrogens is 276 g/mol. The van der Waals surface area contributed by atoms with Gasteiger partial charge < -0.3 is 14.9 Å². The Morgan fingerprint density at radius 2 is 2.35 bits per heavy atom. The topological polar surface area (TPSA) is 85.9 Å². The van der Waals surface area contributed by atoms with Crippen LogP contribution in [0.3, 0.4) is 0 Å². The van der Waals surface area contributed by atoms with Crippen molar-refractivity contribution in [1.29, 1.82) is 0 Å². The number of rotatable bonds is 3. The highest BCUT2D eigenvalue weighted by atomic mass is 32.1. The average Bonchev–Trinajstić information content (AvgIpc) is 2.73.